The van der Waals surface area contributed by atoms with Gasteiger partial charge in [-0.1, -0.05) is 257 Å². The molecule has 0 saturated carbocycles. The summed E-state index contributed by atoms with van der Waals surface area (Å²) in [4.78, 5) is 30.3. The van der Waals surface area contributed by atoms with Crippen LogP contribution >= 0.6 is 23.5 Å². The molecule has 0 saturated heterocycles. The lowest BCUT2D eigenvalue weighted by Crippen LogP contribution is -2.39. The zero-order valence-electron chi connectivity index (χ0n) is 45.6. The molecule has 0 aromatic rings. The van der Waals surface area contributed by atoms with Gasteiger partial charge in [0.2, 0.25) is 0 Å². The number of hydrogen-bond acceptors (Lipinski definition) is 10. The highest BCUT2D eigenvalue weighted by atomic mass is 32.2. The number of unbranched alkanes of at least 4 members (excludes halogenated alkanes) is 29. The Morgan fingerprint density at radius 2 is 0.529 bits per heavy atom. The maximum atomic E-state index is 13.0. The Morgan fingerprint density at radius 1 is 0.324 bits per heavy atom. The quantitative estimate of drug-likeness (QED) is 0.0438. The molecule has 10 heteroatoms. The number of nitrogens with zero attached hydrogens (tertiary/aromatic N) is 2. The number of aliphatic hydroxyl groups is 4. The van der Waals surface area contributed by atoms with Crippen LogP contribution in [0.2, 0.25) is 0 Å². The predicted octanol–water partition coefficient (Wildman–Crippen LogP) is 15.2. The maximum absolute atomic E-state index is 13.0. The summed E-state index contributed by atoms with van der Waals surface area (Å²) in [5.41, 5.74) is 0. The van der Waals surface area contributed by atoms with E-state index >= 15 is 0 Å². The first-order chi connectivity index (χ1) is 33.1. The lowest BCUT2D eigenvalue weighted by atomic mass is 10.0. The minimum Gasteiger partial charge on any atom is -0.392 e. The molecule has 68 heavy (non-hydrogen) atoms. The second-order valence-corrected chi connectivity index (χ2v) is 23.1. The van der Waals surface area contributed by atoms with Crippen molar-refractivity contribution in [2.24, 2.45) is 0 Å². The van der Waals surface area contributed by atoms with Crippen molar-refractivity contribution in [3.05, 3.63) is 0 Å². The van der Waals surface area contributed by atoms with Crippen LogP contribution in [0, 0.1) is 0 Å². The van der Waals surface area contributed by atoms with Crippen molar-refractivity contribution in [1.82, 2.24) is 9.80 Å². The zero-order valence-corrected chi connectivity index (χ0v) is 47.2. The average Bonchev–Trinajstić information content (AvgIpc) is 3.31. The molecule has 0 spiro atoms. The monoisotopic (exact) mass is 1000 g/mol. The van der Waals surface area contributed by atoms with E-state index in [0.717, 1.165) is 101 Å². The molecule has 0 aliphatic carbocycles. The molecule has 4 N–H and O–H groups in total. The molecule has 0 fully saturated rings. The fraction of sp³-hybridized carbons (Fsp3) is 0.966. The summed E-state index contributed by atoms with van der Waals surface area (Å²) in [6.45, 7) is 12.1. The predicted molar refractivity (Wildman–Crippen MR) is 299 cm³/mol. The third-order valence-electron chi connectivity index (χ3n) is 13.8. The van der Waals surface area contributed by atoms with Crippen molar-refractivity contribution in [1.29, 1.82) is 0 Å². The molecule has 0 rings (SSSR count). The number of rotatable bonds is 55. The molecule has 0 heterocycles. The molecular weight excluding hydrogens is 885 g/mol. The summed E-state index contributed by atoms with van der Waals surface area (Å²) >= 11 is 2.76. The lowest BCUT2D eigenvalue weighted by Gasteiger charge is -2.27. The average molecular weight is 1000 g/mol. The lowest BCUT2D eigenvalue weighted by molar-refractivity contribution is -0.112. The third-order valence-corrected chi connectivity index (χ3v) is 15.8. The van der Waals surface area contributed by atoms with Gasteiger partial charge in [0.15, 0.2) is 10.2 Å². The Hall–Kier alpha value is -0.200. The number of carbonyl (C=O) groups excluding carboxylic acids is 2. The SMILES string of the molecule is CCCCCCCCCCC(O)CN(CCC(=O)SCCCCSC(=O)CCN(CC(O)CCCCCCCCCC)CC(O)CCCCCCCCCC)CC(O)CCCCCCCCCC. The van der Waals surface area contributed by atoms with Gasteiger partial charge in [-0.05, 0) is 38.5 Å². The van der Waals surface area contributed by atoms with E-state index in [1.807, 2.05) is 0 Å². The van der Waals surface area contributed by atoms with Gasteiger partial charge in [-0.25, -0.2) is 0 Å². The number of hydrogen-bond donors (Lipinski definition) is 4. The van der Waals surface area contributed by atoms with Crippen LogP contribution in [-0.2, 0) is 9.59 Å². The van der Waals surface area contributed by atoms with Crippen molar-refractivity contribution < 1.29 is 30.0 Å². The minimum atomic E-state index is -0.441. The van der Waals surface area contributed by atoms with Crippen molar-refractivity contribution in [2.75, 3.05) is 50.8 Å². The molecule has 4 atom stereocenters. The van der Waals surface area contributed by atoms with Gasteiger partial charge in [0.1, 0.15) is 0 Å². The first-order valence-electron chi connectivity index (χ1n) is 29.6. The fourth-order valence-corrected chi connectivity index (χ4v) is 11.0. The van der Waals surface area contributed by atoms with Gasteiger partial charge in [-0.15, -0.1) is 0 Å². The highest BCUT2D eigenvalue weighted by molar-refractivity contribution is 8.13. The molecule has 0 bridgehead atoms. The van der Waals surface area contributed by atoms with Crippen LogP contribution in [0.5, 0.6) is 0 Å². The van der Waals surface area contributed by atoms with Crippen molar-refractivity contribution in [2.45, 2.75) is 309 Å². The Bertz CT molecular complexity index is 922. The van der Waals surface area contributed by atoms with E-state index in [2.05, 4.69) is 37.5 Å². The first kappa shape index (κ1) is 67.8. The Balaban J connectivity index is 4.77. The highest BCUT2D eigenvalue weighted by Crippen LogP contribution is 2.19. The summed E-state index contributed by atoms with van der Waals surface area (Å²) in [7, 11) is 0. The third kappa shape index (κ3) is 49.4. The molecular formula is C58H116N2O6S2. The Labute approximate surface area is 431 Å². The molecule has 0 radical (unpaired) electrons. The van der Waals surface area contributed by atoms with E-state index in [9.17, 15) is 30.0 Å². The molecule has 0 aliphatic heterocycles. The van der Waals surface area contributed by atoms with E-state index in [1.165, 1.54) is 178 Å². The van der Waals surface area contributed by atoms with Crippen LogP contribution in [0.3, 0.4) is 0 Å². The first-order valence-corrected chi connectivity index (χ1v) is 31.6. The van der Waals surface area contributed by atoms with Crippen molar-refractivity contribution >= 4 is 33.8 Å². The molecule has 406 valence electrons. The Morgan fingerprint density at radius 3 is 0.750 bits per heavy atom. The van der Waals surface area contributed by atoms with Gasteiger partial charge in [0.25, 0.3) is 0 Å². The molecule has 0 aliphatic rings. The smallest absolute Gasteiger partial charge is 0.190 e. The highest BCUT2D eigenvalue weighted by Gasteiger charge is 2.19. The van der Waals surface area contributed by atoms with Gasteiger partial charge in [0, 0.05) is 63.6 Å². The number of aliphatic hydroxyl groups excluding tert-OH is 4. The van der Waals surface area contributed by atoms with Gasteiger partial charge >= 0.3 is 0 Å². The van der Waals surface area contributed by atoms with Gasteiger partial charge in [-0.3, -0.25) is 19.4 Å². The molecule has 0 aromatic carbocycles. The molecule has 8 nitrogen and oxygen atoms in total. The van der Waals surface area contributed by atoms with Crippen molar-refractivity contribution in [3.63, 3.8) is 0 Å². The molecule has 4 unspecified atom stereocenters. The van der Waals surface area contributed by atoms with Crippen LogP contribution in [0.25, 0.3) is 0 Å². The molecule has 0 aromatic heterocycles. The van der Waals surface area contributed by atoms with Crippen LogP contribution in [0.4, 0.5) is 0 Å². The van der Waals surface area contributed by atoms with E-state index in [1.54, 1.807) is 0 Å². The summed E-state index contributed by atoms with van der Waals surface area (Å²) < 4.78 is 0. The van der Waals surface area contributed by atoms with E-state index in [0.29, 0.717) is 52.1 Å². The zero-order chi connectivity index (χ0) is 50.0. The normalized spacial score (nSPS) is 13.7. The van der Waals surface area contributed by atoms with E-state index in [4.69, 9.17) is 0 Å². The van der Waals surface area contributed by atoms with Crippen LogP contribution < -0.4 is 0 Å². The van der Waals surface area contributed by atoms with E-state index in [-0.39, 0.29) is 10.2 Å². The summed E-state index contributed by atoms with van der Waals surface area (Å²) in [6, 6.07) is 0. The topological polar surface area (TPSA) is 122 Å². The summed E-state index contributed by atoms with van der Waals surface area (Å²) in [5, 5.41) is 44.2. The van der Waals surface area contributed by atoms with Gasteiger partial charge in [0.05, 0.1) is 24.4 Å². The van der Waals surface area contributed by atoms with Crippen LogP contribution in [0.15, 0.2) is 0 Å². The van der Waals surface area contributed by atoms with E-state index < -0.39 is 24.4 Å². The number of thioether (sulfide) groups is 2. The Kier molecular flexibility index (Phi) is 52.9. The second kappa shape index (κ2) is 53.1. The summed E-state index contributed by atoms with van der Waals surface area (Å²) in [5.74, 6) is 1.47. The second-order valence-electron chi connectivity index (χ2n) is 20.8. The van der Waals surface area contributed by atoms with Crippen LogP contribution in [-0.4, -0.2) is 116 Å². The van der Waals surface area contributed by atoms with Gasteiger partial charge in [-0.2, -0.15) is 0 Å². The minimum absolute atomic E-state index is 0.156. The number of carbonyl (C=O) groups is 2. The molecule has 0 amide bonds. The van der Waals surface area contributed by atoms with Gasteiger partial charge < -0.3 is 20.4 Å². The van der Waals surface area contributed by atoms with Crippen molar-refractivity contribution in [3.8, 4) is 0 Å². The maximum Gasteiger partial charge on any atom is 0.190 e. The van der Waals surface area contributed by atoms with Crippen LogP contribution in [0.1, 0.15) is 285 Å². The fourth-order valence-electron chi connectivity index (χ4n) is 9.35. The standard InChI is InChI=1S/C58H116N2O6S2/c1-5-9-13-17-21-25-29-33-39-53(61)49-59(50-54(62)40-34-30-26-22-18-14-10-6-2)45-43-57(65)67-47-37-38-48-68-58(66)44-46-60(51-55(63)41-35-31-27-23-19-15-11-7-3)52-56(64)42-36-32-28-24-20-16-12-8-4/h53-56,61-64H,5-52H2,1-4H3. The summed E-state index contributed by atoms with van der Waals surface area (Å²) in [6.07, 6.45) is 43.5. The largest absolute Gasteiger partial charge is 0.392 e.